The third-order valence-electron chi connectivity index (χ3n) is 3.19. The summed E-state index contributed by atoms with van der Waals surface area (Å²) in [5.74, 6) is -0.138. The number of nitrogens with one attached hydrogen (secondary N) is 1. The monoisotopic (exact) mass is 350 g/mol. The summed E-state index contributed by atoms with van der Waals surface area (Å²) >= 11 is 3.42. The van der Waals surface area contributed by atoms with Crippen molar-refractivity contribution in [1.82, 2.24) is 10.2 Å². The highest BCUT2D eigenvalue weighted by atomic mass is 79.9. The molecule has 0 radical (unpaired) electrons. The van der Waals surface area contributed by atoms with Crippen molar-refractivity contribution in [3.05, 3.63) is 51.3 Å². The Labute approximate surface area is 133 Å². The van der Waals surface area contributed by atoms with Crippen LogP contribution in [0.1, 0.15) is 54.0 Å². The van der Waals surface area contributed by atoms with Gasteiger partial charge in [-0.15, -0.1) is 0 Å². The zero-order valence-corrected chi connectivity index (χ0v) is 14.0. The molecule has 5 heteroatoms. The summed E-state index contributed by atoms with van der Waals surface area (Å²) in [7, 11) is 0. The van der Waals surface area contributed by atoms with E-state index in [-0.39, 0.29) is 11.9 Å². The lowest BCUT2D eigenvalue weighted by molar-refractivity contribution is 0.0523. The Bertz CT molecular complexity index is 618. The van der Waals surface area contributed by atoms with E-state index in [1.807, 2.05) is 38.1 Å². The number of hydrogen-bond acceptors (Lipinski definition) is 3. The Kier molecular flexibility index (Phi) is 5.17. The fourth-order valence-corrected chi connectivity index (χ4v) is 2.44. The van der Waals surface area contributed by atoms with Gasteiger partial charge in [0.1, 0.15) is 5.56 Å². The number of aromatic nitrogens is 2. The third-order valence-corrected chi connectivity index (χ3v) is 3.72. The highest BCUT2D eigenvalue weighted by Gasteiger charge is 2.23. The molecule has 0 aliphatic rings. The number of carbonyl (C=O) groups excluding carboxylic acids is 1. The first-order valence-electron chi connectivity index (χ1n) is 7.01. The van der Waals surface area contributed by atoms with Crippen LogP contribution in [0.2, 0.25) is 0 Å². The molecule has 0 aliphatic carbocycles. The van der Waals surface area contributed by atoms with Crippen molar-refractivity contribution in [2.24, 2.45) is 0 Å². The second-order valence-corrected chi connectivity index (χ2v) is 6.06. The molecule has 0 atom stereocenters. The Morgan fingerprint density at radius 3 is 2.57 bits per heavy atom. The molecule has 1 heterocycles. The molecule has 1 aromatic heterocycles. The average molecular weight is 351 g/mol. The van der Waals surface area contributed by atoms with Crippen molar-refractivity contribution in [3.8, 4) is 0 Å². The van der Waals surface area contributed by atoms with Crippen molar-refractivity contribution < 1.29 is 9.53 Å². The van der Waals surface area contributed by atoms with E-state index in [1.54, 1.807) is 6.92 Å². The summed E-state index contributed by atoms with van der Waals surface area (Å²) in [5, 5.41) is 7.29. The zero-order chi connectivity index (χ0) is 15.4. The number of esters is 1. The summed E-state index contributed by atoms with van der Waals surface area (Å²) in [6.45, 7) is 6.20. The molecule has 0 amide bonds. The van der Waals surface area contributed by atoms with Gasteiger partial charge in [-0.3, -0.25) is 5.10 Å². The van der Waals surface area contributed by atoms with E-state index in [0.717, 1.165) is 21.4 Å². The molecule has 1 aromatic carbocycles. The summed E-state index contributed by atoms with van der Waals surface area (Å²) in [6, 6.07) is 8.02. The average Bonchev–Trinajstić information content (AvgIpc) is 2.85. The molecular formula is C16H19BrN2O2. The minimum Gasteiger partial charge on any atom is -0.462 e. The van der Waals surface area contributed by atoms with Crippen LogP contribution in [0, 0.1) is 0 Å². The van der Waals surface area contributed by atoms with Gasteiger partial charge in [-0.05, 0) is 30.5 Å². The van der Waals surface area contributed by atoms with Crippen molar-refractivity contribution in [2.45, 2.75) is 33.1 Å². The van der Waals surface area contributed by atoms with Crippen LogP contribution >= 0.6 is 15.9 Å². The van der Waals surface area contributed by atoms with E-state index >= 15 is 0 Å². The number of halogens is 1. The van der Waals surface area contributed by atoms with Gasteiger partial charge in [0.2, 0.25) is 0 Å². The topological polar surface area (TPSA) is 55.0 Å². The quantitative estimate of drug-likeness (QED) is 0.827. The molecule has 0 fully saturated rings. The van der Waals surface area contributed by atoms with Crippen molar-refractivity contribution in [2.75, 3.05) is 6.61 Å². The maximum absolute atomic E-state index is 12.2. The molecule has 0 bridgehead atoms. The SMILES string of the molecule is CCOC(=O)c1c(C(C)C)n[nH]c1Cc1ccc(Br)cc1. The number of ether oxygens (including phenoxy) is 1. The van der Waals surface area contributed by atoms with Gasteiger partial charge >= 0.3 is 5.97 Å². The van der Waals surface area contributed by atoms with Crippen LogP contribution in [0.4, 0.5) is 0 Å². The van der Waals surface area contributed by atoms with Crippen LogP contribution in [0.15, 0.2) is 28.7 Å². The van der Waals surface area contributed by atoms with Crippen LogP contribution in [0.5, 0.6) is 0 Å². The first kappa shape index (κ1) is 15.8. The molecule has 4 nitrogen and oxygen atoms in total. The van der Waals surface area contributed by atoms with Gasteiger partial charge in [-0.1, -0.05) is 41.9 Å². The predicted molar refractivity (Wildman–Crippen MR) is 85.6 cm³/mol. The van der Waals surface area contributed by atoms with Crippen LogP contribution in [-0.4, -0.2) is 22.8 Å². The maximum Gasteiger partial charge on any atom is 0.341 e. The van der Waals surface area contributed by atoms with E-state index in [2.05, 4.69) is 26.1 Å². The first-order valence-corrected chi connectivity index (χ1v) is 7.81. The first-order chi connectivity index (χ1) is 10.0. The van der Waals surface area contributed by atoms with Gasteiger partial charge in [-0.2, -0.15) is 5.10 Å². The molecule has 112 valence electrons. The van der Waals surface area contributed by atoms with E-state index in [4.69, 9.17) is 4.74 Å². The number of H-pyrrole nitrogens is 1. The molecule has 0 aliphatic heterocycles. The summed E-state index contributed by atoms with van der Waals surface area (Å²) < 4.78 is 6.20. The third kappa shape index (κ3) is 3.73. The lowest BCUT2D eigenvalue weighted by Crippen LogP contribution is -2.10. The second-order valence-electron chi connectivity index (χ2n) is 5.14. The van der Waals surface area contributed by atoms with Crippen LogP contribution in [-0.2, 0) is 11.2 Å². The van der Waals surface area contributed by atoms with Gasteiger partial charge in [0, 0.05) is 10.9 Å². The molecule has 0 spiro atoms. The summed E-state index contributed by atoms with van der Waals surface area (Å²) in [5.41, 5.74) is 3.26. The predicted octanol–water partition coefficient (Wildman–Crippen LogP) is 4.06. The Morgan fingerprint density at radius 1 is 1.33 bits per heavy atom. The Morgan fingerprint density at radius 2 is 2.00 bits per heavy atom. The Balaban J connectivity index is 2.34. The molecule has 0 unspecified atom stereocenters. The minimum absolute atomic E-state index is 0.166. The number of hydrogen-bond donors (Lipinski definition) is 1. The smallest absolute Gasteiger partial charge is 0.341 e. The fourth-order valence-electron chi connectivity index (χ4n) is 2.18. The van der Waals surface area contributed by atoms with E-state index < -0.39 is 0 Å². The van der Waals surface area contributed by atoms with Gasteiger partial charge < -0.3 is 4.74 Å². The van der Waals surface area contributed by atoms with Gasteiger partial charge in [0.25, 0.3) is 0 Å². The number of carbonyl (C=O) groups is 1. The van der Waals surface area contributed by atoms with Crippen molar-refractivity contribution in [1.29, 1.82) is 0 Å². The second kappa shape index (κ2) is 6.89. The van der Waals surface area contributed by atoms with E-state index in [0.29, 0.717) is 18.6 Å². The van der Waals surface area contributed by atoms with Crippen LogP contribution in [0.25, 0.3) is 0 Å². The van der Waals surface area contributed by atoms with Gasteiger partial charge in [0.05, 0.1) is 18.0 Å². The molecule has 2 rings (SSSR count). The van der Waals surface area contributed by atoms with Crippen LogP contribution in [0.3, 0.4) is 0 Å². The van der Waals surface area contributed by atoms with Crippen molar-refractivity contribution >= 4 is 21.9 Å². The lowest BCUT2D eigenvalue weighted by Gasteiger charge is -2.07. The summed E-state index contributed by atoms with van der Waals surface area (Å²) in [6.07, 6.45) is 0.626. The maximum atomic E-state index is 12.2. The van der Waals surface area contributed by atoms with E-state index in [9.17, 15) is 4.79 Å². The molecule has 2 aromatic rings. The number of aromatic amines is 1. The summed E-state index contributed by atoms with van der Waals surface area (Å²) in [4.78, 5) is 12.2. The number of nitrogens with zero attached hydrogens (tertiary/aromatic N) is 1. The molecule has 21 heavy (non-hydrogen) atoms. The molecule has 1 N–H and O–H groups in total. The standard InChI is InChI=1S/C16H19BrN2O2/c1-4-21-16(20)14-13(18-19-15(14)10(2)3)9-11-5-7-12(17)8-6-11/h5-8,10H,4,9H2,1-3H3,(H,18,19). The number of rotatable bonds is 5. The molecule has 0 saturated carbocycles. The van der Waals surface area contributed by atoms with Crippen LogP contribution < -0.4 is 0 Å². The normalized spacial score (nSPS) is 10.9. The van der Waals surface area contributed by atoms with Gasteiger partial charge in [-0.25, -0.2) is 4.79 Å². The Hall–Kier alpha value is -1.62. The van der Waals surface area contributed by atoms with Crippen molar-refractivity contribution in [3.63, 3.8) is 0 Å². The molecular weight excluding hydrogens is 332 g/mol. The fraction of sp³-hybridized carbons (Fsp3) is 0.375. The minimum atomic E-state index is -0.304. The van der Waals surface area contributed by atoms with Gasteiger partial charge in [0.15, 0.2) is 0 Å². The number of benzene rings is 1. The largest absolute Gasteiger partial charge is 0.462 e. The molecule has 0 saturated heterocycles. The lowest BCUT2D eigenvalue weighted by atomic mass is 10.0. The van der Waals surface area contributed by atoms with E-state index in [1.165, 1.54) is 0 Å². The zero-order valence-electron chi connectivity index (χ0n) is 12.4. The highest BCUT2D eigenvalue weighted by molar-refractivity contribution is 9.10. The highest BCUT2D eigenvalue weighted by Crippen LogP contribution is 2.23.